The first kappa shape index (κ1) is 20.8. The average Bonchev–Trinajstić information content (AvgIpc) is 3.22. The molecule has 0 amide bonds. The standard InChI is InChI=1S/C34H24N2/c1-23-15-16-24-20-29-28-18-17-25(32-14-8-9-19-35-32)21-30(28)34(26-10-4-2-5-11-26,27-12-6-3-7-13-27)31(29)22-33(24)36-23/h2-22H,1H3. The summed E-state index contributed by atoms with van der Waals surface area (Å²) in [4.78, 5) is 9.59. The van der Waals surface area contributed by atoms with Crippen molar-refractivity contribution in [2.45, 2.75) is 12.3 Å². The summed E-state index contributed by atoms with van der Waals surface area (Å²) in [5.41, 5.74) is 11.3. The van der Waals surface area contributed by atoms with Crippen molar-refractivity contribution >= 4 is 10.9 Å². The lowest BCUT2D eigenvalue weighted by atomic mass is 9.67. The number of aromatic nitrogens is 2. The summed E-state index contributed by atoms with van der Waals surface area (Å²) in [7, 11) is 0. The van der Waals surface area contributed by atoms with E-state index in [-0.39, 0.29) is 0 Å². The molecular weight excluding hydrogens is 436 g/mol. The Bertz CT molecular complexity index is 1680. The summed E-state index contributed by atoms with van der Waals surface area (Å²) in [5, 5.41) is 1.16. The first-order valence-corrected chi connectivity index (χ1v) is 12.3. The van der Waals surface area contributed by atoms with Crippen LogP contribution in [0.25, 0.3) is 33.3 Å². The van der Waals surface area contributed by atoms with Crippen molar-refractivity contribution in [1.29, 1.82) is 0 Å². The number of aryl methyl sites for hydroxylation is 1. The highest BCUT2D eigenvalue weighted by Crippen LogP contribution is 2.57. The highest BCUT2D eigenvalue weighted by Gasteiger charge is 2.46. The van der Waals surface area contributed by atoms with Crippen LogP contribution in [0, 0.1) is 6.92 Å². The second-order valence-corrected chi connectivity index (χ2v) is 9.50. The van der Waals surface area contributed by atoms with E-state index in [9.17, 15) is 0 Å². The normalized spacial score (nSPS) is 13.4. The van der Waals surface area contributed by atoms with Crippen LogP contribution in [0.2, 0.25) is 0 Å². The molecule has 1 aliphatic rings. The number of fused-ring (bicyclic) bond motifs is 4. The molecule has 0 saturated carbocycles. The Morgan fingerprint density at radius 1 is 0.583 bits per heavy atom. The van der Waals surface area contributed by atoms with E-state index in [4.69, 9.17) is 4.98 Å². The third-order valence-electron chi connectivity index (χ3n) is 7.46. The number of pyridine rings is 2. The zero-order valence-electron chi connectivity index (χ0n) is 20.0. The number of hydrogen-bond acceptors (Lipinski definition) is 2. The van der Waals surface area contributed by atoms with Gasteiger partial charge in [0, 0.05) is 22.8 Å². The largest absolute Gasteiger partial charge is 0.256 e. The Hall–Kier alpha value is -4.56. The molecule has 2 nitrogen and oxygen atoms in total. The van der Waals surface area contributed by atoms with Crippen LogP contribution >= 0.6 is 0 Å². The summed E-state index contributed by atoms with van der Waals surface area (Å²) in [5.74, 6) is 0. The van der Waals surface area contributed by atoms with E-state index < -0.39 is 5.41 Å². The van der Waals surface area contributed by atoms with Crippen molar-refractivity contribution in [1.82, 2.24) is 9.97 Å². The zero-order chi connectivity index (χ0) is 24.1. The fraction of sp³-hybridized carbons (Fsp3) is 0.0588. The maximum absolute atomic E-state index is 4.92. The first-order valence-electron chi connectivity index (χ1n) is 12.3. The molecule has 170 valence electrons. The summed E-state index contributed by atoms with van der Waals surface area (Å²) >= 11 is 0. The van der Waals surface area contributed by atoms with Crippen molar-refractivity contribution in [3.63, 3.8) is 0 Å². The molecule has 6 aromatic rings. The third kappa shape index (κ3) is 2.98. The minimum absolute atomic E-state index is 0.461. The Balaban J connectivity index is 1.64. The van der Waals surface area contributed by atoms with Gasteiger partial charge in [0.1, 0.15) is 0 Å². The SMILES string of the molecule is Cc1ccc2cc3c(cc2n1)C(c1ccccc1)(c1ccccc1)c1cc(-c2ccccn2)ccc1-3. The van der Waals surface area contributed by atoms with Crippen LogP contribution in [0.1, 0.15) is 27.9 Å². The van der Waals surface area contributed by atoms with Crippen LogP contribution in [-0.2, 0) is 5.41 Å². The number of benzene rings is 4. The molecule has 0 radical (unpaired) electrons. The molecule has 0 fully saturated rings. The summed E-state index contributed by atoms with van der Waals surface area (Å²) in [6.07, 6.45) is 1.86. The number of nitrogens with zero attached hydrogens (tertiary/aromatic N) is 2. The van der Waals surface area contributed by atoms with Crippen molar-refractivity contribution in [2.75, 3.05) is 0 Å². The highest BCUT2D eigenvalue weighted by atomic mass is 14.7. The lowest BCUT2D eigenvalue weighted by molar-refractivity contribution is 0.769. The fourth-order valence-corrected chi connectivity index (χ4v) is 5.90. The molecule has 4 aromatic carbocycles. The molecular formula is C34H24N2. The topological polar surface area (TPSA) is 25.8 Å². The van der Waals surface area contributed by atoms with Gasteiger partial charge in [0.25, 0.3) is 0 Å². The van der Waals surface area contributed by atoms with Gasteiger partial charge in [-0.15, -0.1) is 0 Å². The van der Waals surface area contributed by atoms with Gasteiger partial charge in [-0.1, -0.05) is 84.9 Å². The maximum atomic E-state index is 4.92. The summed E-state index contributed by atoms with van der Waals surface area (Å²) < 4.78 is 0. The van der Waals surface area contributed by atoms with Crippen molar-refractivity contribution in [2.24, 2.45) is 0 Å². The van der Waals surface area contributed by atoms with Gasteiger partial charge in [-0.05, 0) is 76.7 Å². The van der Waals surface area contributed by atoms with E-state index in [1.54, 1.807) is 0 Å². The molecule has 0 aliphatic heterocycles. The van der Waals surface area contributed by atoms with Gasteiger partial charge >= 0.3 is 0 Å². The summed E-state index contributed by atoms with van der Waals surface area (Å²) in [6.45, 7) is 2.06. The molecule has 2 heteroatoms. The average molecular weight is 461 g/mol. The predicted octanol–water partition coefficient (Wildman–Crippen LogP) is 7.97. The summed E-state index contributed by atoms with van der Waals surface area (Å²) in [6, 6.07) is 43.6. The van der Waals surface area contributed by atoms with E-state index in [1.165, 1.54) is 33.4 Å². The molecule has 0 unspecified atom stereocenters. The Morgan fingerprint density at radius 3 is 1.97 bits per heavy atom. The molecule has 0 atom stereocenters. The van der Waals surface area contributed by atoms with E-state index in [0.717, 1.165) is 27.9 Å². The Kier molecular flexibility index (Phi) is 4.62. The molecule has 0 spiro atoms. The zero-order valence-corrected chi connectivity index (χ0v) is 20.0. The molecule has 2 aromatic heterocycles. The molecule has 0 saturated heterocycles. The van der Waals surface area contributed by atoms with Gasteiger partial charge in [-0.25, -0.2) is 0 Å². The van der Waals surface area contributed by atoms with Crippen LogP contribution in [0.4, 0.5) is 0 Å². The Morgan fingerprint density at radius 2 is 1.28 bits per heavy atom. The first-order chi connectivity index (χ1) is 17.7. The minimum Gasteiger partial charge on any atom is -0.256 e. The van der Waals surface area contributed by atoms with Gasteiger partial charge < -0.3 is 0 Å². The van der Waals surface area contributed by atoms with Crippen molar-refractivity contribution < 1.29 is 0 Å². The number of hydrogen-bond donors (Lipinski definition) is 0. The predicted molar refractivity (Wildman–Crippen MR) is 147 cm³/mol. The molecule has 0 bridgehead atoms. The van der Waals surface area contributed by atoms with Gasteiger partial charge in [-0.3, -0.25) is 9.97 Å². The minimum atomic E-state index is -0.461. The highest BCUT2D eigenvalue weighted by molar-refractivity contribution is 5.95. The molecule has 0 N–H and O–H groups in total. The Labute approximate surface area is 211 Å². The molecule has 1 aliphatic carbocycles. The maximum Gasteiger partial charge on any atom is 0.0714 e. The lowest BCUT2D eigenvalue weighted by Gasteiger charge is -2.34. The molecule has 7 rings (SSSR count). The van der Waals surface area contributed by atoms with Gasteiger partial charge in [0.15, 0.2) is 0 Å². The van der Waals surface area contributed by atoms with Gasteiger partial charge in [0.05, 0.1) is 16.6 Å². The van der Waals surface area contributed by atoms with Gasteiger partial charge in [-0.2, -0.15) is 0 Å². The number of rotatable bonds is 3. The lowest BCUT2D eigenvalue weighted by Crippen LogP contribution is -2.28. The molecule has 36 heavy (non-hydrogen) atoms. The van der Waals surface area contributed by atoms with Crippen LogP contribution in [-0.4, -0.2) is 9.97 Å². The van der Waals surface area contributed by atoms with E-state index >= 15 is 0 Å². The van der Waals surface area contributed by atoms with Gasteiger partial charge in [0.2, 0.25) is 0 Å². The van der Waals surface area contributed by atoms with Crippen LogP contribution in [0.15, 0.2) is 128 Å². The smallest absolute Gasteiger partial charge is 0.0714 e. The van der Waals surface area contributed by atoms with E-state index in [1.807, 2.05) is 18.3 Å². The quantitative estimate of drug-likeness (QED) is 0.267. The monoisotopic (exact) mass is 460 g/mol. The third-order valence-corrected chi connectivity index (χ3v) is 7.46. The molecule has 2 heterocycles. The van der Waals surface area contributed by atoms with Crippen molar-refractivity contribution in [3.8, 4) is 22.4 Å². The second kappa shape index (κ2) is 8.00. The van der Waals surface area contributed by atoms with E-state index in [2.05, 4.69) is 121 Å². The van der Waals surface area contributed by atoms with Crippen LogP contribution in [0.5, 0.6) is 0 Å². The fourth-order valence-electron chi connectivity index (χ4n) is 5.90. The van der Waals surface area contributed by atoms with Crippen LogP contribution < -0.4 is 0 Å². The second-order valence-electron chi connectivity index (χ2n) is 9.50. The van der Waals surface area contributed by atoms with E-state index in [0.29, 0.717) is 0 Å². The van der Waals surface area contributed by atoms with Crippen LogP contribution in [0.3, 0.4) is 0 Å². The van der Waals surface area contributed by atoms with Crippen molar-refractivity contribution in [3.05, 3.63) is 155 Å².